The lowest BCUT2D eigenvalue weighted by Crippen LogP contribution is -2.37. The number of ether oxygens (including phenoxy) is 1. The molecule has 1 heterocycles. The molecule has 5 N–H and O–H groups in total. The number of benzene rings is 2. The fourth-order valence-corrected chi connectivity index (χ4v) is 3.05. The van der Waals surface area contributed by atoms with Gasteiger partial charge in [-0.15, -0.1) is 0 Å². The molecule has 27 heavy (non-hydrogen) atoms. The molecule has 0 aliphatic carbocycles. The van der Waals surface area contributed by atoms with Crippen LogP contribution in [0, 0.1) is 10.1 Å². The van der Waals surface area contributed by atoms with E-state index < -0.39 is 28.6 Å². The van der Waals surface area contributed by atoms with Crippen molar-refractivity contribution in [2.75, 3.05) is 0 Å². The lowest BCUT2D eigenvalue weighted by molar-refractivity contribution is -0.385. The van der Waals surface area contributed by atoms with E-state index in [4.69, 9.17) is 9.94 Å². The van der Waals surface area contributed by atoms with Crippen molar-refractivity contribution in [2.24, 2.45) is 0 Å². The monoisotopic (exact) mass is 374 g/mol. The van der Waals surface area contributed by atoms with Crippen molar-refractivity contribution < 1.29 is 35.0 Å². The number of carbonyl (C=O) groups is 1. The minimum Gasteiger partial charge on any atom is -0.508 e. The second-order valence-corrected chi connectivity index (χ2v) is 5.83. The fraction of sp³-hybridized carbons (Fsp3) is 0.118. The number of carbonyl (C=O) groups excluding carboxylic acids is 1. The van der Waals surface area contributed by atoms with Gasteiger partial charge >= 0.3 is 0 Å². The first-order chi connectivity index (χ1) is 12.8. The minimum absolute atomic E-state index is 0.0473. The van der Waals surface area contributed by atoms with Crippen molar-refractivity contribution in [3.63, 3.8) is 0 Å². The molecule has 1 aliphatic rings. The summed E-state index contributed by atoms with van der Waals surface area (Å²) in [6, 6.07) is 7.49. The number of amides is 1. The smallest absolute Gasteiger partial charge is 0.277 e. The molecule has 10 heteroatoms. The highest BCUT2D eigenvalue weighted by Gasteiger charge is 2.46. The lowest BCUT2D eigenvalue weighted by Gasteiger charge is -2.35. The van der Waals surface area contributed by atoms with E-state index in [0.717, 1.165) is 18.4 Å². The van der Waals surface area contributed by atoms with Crippen LogP contribution in [0.1, 0.15) is 17.5 Å². The number of hydrogen-bond acceptors (Lipinski definition) is 8. The van der Waals surface area contributed by atoms with Gasteiger partial charge in [-0.25, -0.2) is 5.48 Å². The van der Waals surface area contributed by atoms with E-state index in [1.54, 1.807) is 0 Å². The van der Waals surface area contributed by atoms with Crippen molar-refractivity contribution in [2.45, 2.75) is 12.0 Å². The van der Waals surface area contributed by atoms with Gasteiger partial charge in [-0.3, -0.25) is 20.1 Å². The lowest BCUT2D eigenvalue weighted by atomic mass is 9.77. The van der Waals surface area contributed by atoms with Gasteiger partial charge in [0, 0.05) is 23.8 Å². The number of para-hydroxylation sites is 1. The summed E-state index contributed by atoms with van der Waals surface area (Å²) in [5.41, 5.74) is -1.77. The Hall–Kier alpha value is -3.63. The van der Waals surface area contributed by atoms with Gasteiger partial charge in [0.25, 0.3) is 5.69 Å². The van der Waals surface area contributed by atoms with Gasteiger partial charge in [0.2, 0.25) is 5.91 Å². The highest BCUT2D eigenvalue weighted by molar-refractivity contribution is 5.87. The molecule has 1 atom stereocenters. The van der Waals surface area contributed by atoms with Crippen LogP contribution < -0.4 is 10.2 Å². The van der Waals surface area contributed by atoms with Crippen LogP contribution in [0.2, 0.25) is 0 Å². The standard InChI is InChI=1S/C17H14N2O8/c20-9-5-13(21)16-14(6-9)27-8-11(17(16,23)7-15(22)18-24)10-3-1-2-4-12(10)19(25)26/h1-6,8,20-21,23-24H,7H2,(H,18,22). The van der Waals surface area contributed by atoms with Gasteiger partial charge in [0.05, 0.1) is 28.7 Å². The molecule has 0 fully saturated rings. The van der Waals surface area contributed by atoms with E-state index in [1.165, 1.54) is 29.7 Å². The normalized spacial score (nSPS) is 18.1. The van der Waals surface area contributed by atoms with Crippen molar-refractivity contribution >= 4 is 17.2 Å². The summed E-state index contributed by atoms with van der Waals surface area (Å²) in [6.07, 6.45) is 0.213. The van der Waals surface area contributed by atoms with Gasteiger partial charge < -0.3 is 20.1 Å². The number of nitrogens with one attached hydrogen (secondary N) is 1. The number of phenols is 2. The molecule has 3 rings (SSSR count). The van der Waals surface area contributed by atoms with Crippen LogP contribution in [-0.2, 0) is 10.4 Å². The van der Waals surface area contributed by atoms with Crippen molar-refractivity contribution in [1.29, 1.82) is 0 Å². The predicted octanol–water partition coefficient (Wildman–Crippen LogP) is 1.52. The number of rotatable bonds is 4. The quantitative estimate of drug-likeness (QED) is 0.305. The maximum atomic E-state index is 11.8. The maximum absolute atomic E-state index is 11.8. The summed E-state index contributed by atoms with van der Waals surface area (Å²) in [4.78, 5) is 22.5. The Kier molecular flexibility index (Phi) is 4.44. The molecule has 1 unspecified atom stereocenters. The zero-order chi connectivity index (χ0) is 19.8. The Morgan fingerprint density at radius 3 is 2.63 bits per heavy atom. The van der Waals surface area contributed by atoms with Crippen molar-refractivity contribution in [1.82, 2.24) is 5.48 Å². The van der Waals surface area contributed by atoms with Crippen molar-refractivity contribution in [3.05, 3.63) is 63.9 Å². The summed E-state index contributed by atoms with van der Waals surface area (Å²) in [6.45, 7) is 0. The van der Waals surface area contributed by atoms with Gasteiger partial charge in [-0.05, 0) is 6.07 Å². The molecule has 0 aromatic heterocycles. The predicted molar refractivity (Wildman–Crippen MR) is 89.9 cm³/mol. The molecule has 0 spiro atoms. The molecule has 1 aliphatic heterocycles. The highest BCUT2D eigenvalue weighted by atomic mass is 16.6. The van der Waals surface area contributed by atoms with Crippen molar-refractivity contribution in [3.8, 4) is 17.2 Å². The number of nitro groups is 1. The zero-order valence-electron chi connectivity index (χ0n) is 13.6. The summed E-state index contributed by atoms with van der Waals surface area (Å²) >= 11 is 0. The van der Waals surface area contributed by atoms with E-state index in [9.17, 15) is 30.2 Å². The molecular formula is C17H14N2O8. The summed E-state index contributed by atoms with van der Waals surface area (Å²) in [7, 11) is 0. The van der Waals surface area contributed by atoms with Crippen LogP contribution in [0.15, 0.2) is 42.7 Å². The number of fused-ring (bicyclic) bond motifs is 1. The van der Waals surface area contributed by atoms with Crippen LogP contribution in [-0.4, -0.2) is 31.4 Å². The Bertz CT molecular complexity index is 971. The third-order valence-corrected chi connectivity index (χ3v) is 4.16. The topological polar surface area (TPSA) is 162 Å². The number of nitrogens with zero attached hydrogens (tertiary/aromatic N) is 1. The number of phenolic OH excluding ortho intramolecular Hbond substituents is 2. The van der Waals surface area contributed by atoms with Crippen LogP contribution >= 0.6 is 0 Å². The van der Waals surface area contributed by atoms with Crippen LogP contribution in [0.25, 0.3) is 5.57 Å². The van der Waals surface area contributed by atoms with E-state index >= 15 is 0 Å². The molecule has 0 radical (unpaired) electrons. The molecule has 1 amide bonds. The fourth-order valence-electron chi connectivity index (χ4n) is 3.05. The SMILES string of the molecule is O=C(CC1(O)C(c2ccccc2[N+](=O)[O-])=COc2cc(O)cc(O)c21)NO. The number of aliphatic hydroxyl groups is 1. The first-order valence-corrected chi connectivity index (χ1v) is 7.60. The van der Waals surface area contributed by atoms with E-state index in [1.807, 2.05) is 0 Å². The minimum atomic E-state index is -2.29. The molecule has 0 saturated heterocycles. The van der Waals surface area contributed by atoms with E-state index in [0.29, 0.717) is 0 Å². The largest absolute Gasteiger partial charge is 0.508 e. The van der Waals surface area contributed by atoms with Crippen LogP contribution in [0.4, 0.5) is 5.69 Å². The number of hydrogen-bond donors (Lipinski definition) is 5. The molecular weight excluding hydrogens is 360 g/mol. The highest BCUT2D eigenvalue weighted by Crippen LogP contribution is 2.52. The first-order valence-electron chi connectivity index (χ1n) is 7.60. The number of nitro benzene ring substituents is 1. The second kappa shape index (κ2) is 6.59. The average molecular weight is 374 g/mol. The molecule has 0 bridgehead atoms. The summed E-state index contributed by atoms with van der Waals surface area (Å²) < 4.78 is 5.34. The van der Waals surface area contributed by atoms with Crippen LogP contribution in [0.3, 0.4) is 0 Å². The van der Waals surface area contributed by atoms with E-state index in [2.05, 4.69) is 0 Å². The number of hydroxylamine groups is 1. The number of aromatic hydroxyl groups is 2. The van der Waals surface area contributed by atoms with Gasteiger partial charge in [-0.2, -0.15) is 0 Å². The van der Waals surface area contributed by atoms with Gasteiger partial charge in [0.15, 0.2) is 0 Å². The Morgan fingerprint density at radius 1 is 1.26 bits per heavy atom. The maximum Gasteiger partial charge on any atom is 0.277 e. The average Bonchev–Trinajstić information content (AvgIpc) is 2.60. The molecule has 140 valence electrons. The Labute approximate surface area is 151 Å². The summed E-state index contributed by atoms with van der Waals surface area (Å²) in [5, 5.41) is 51.4. The van der Waals surface area contributed by atoms with Gasteiger partial charge in [0.1, 0.15) is 22.8 Å². The van der Waals surface area contributed by atoms with Crippen LogP contribution in [0.5, 0.6) is 17.2 Å². The molecule has 0 saturated carbocycles. The summed E-state index contributed by atoms with van der Waals surface area (Å²) in [5.74, 6) is -2.12. The molecule has 2 aromatic carbocycles. The second-order valence-electron chi connectivity index (χ2n) is 5.83. The third-order valence-electron chi connectivity index (χ3n) is 4.16. The Balaban J connectivity index is 2.27. The Morgan fingerprint density at radius 2 is 1.96 bits per heavy atom. The molecule has 2 aromatic rings. The zero-order valence-corrected chi connectivity index (χ0v) is 13.6. The molecule has 10 nitrogen and oxygen atoms in total. The van der Waals surface area contributed by atoms with E-state index in [-0.39, 0.29) is 33.9 Å². The first kappa shape index (κ1) is 18.2. The third kappa shape index (κ3) is 3.03. The van der Waals surface area contributed by atoms with Gasteiger partial charge in [-0.1, -0.05) is 12.1 Å².